The maximum Gasteiger partial charge on any atom is 0.416 e. The summed E-state index contributed by atoms with van der Waals surface area (Å²) in [5.74, 6) is -1.82. The molecule has 2 aliphatic rings. The predicted molar refractivity (Wildman–Crippen MR) is 133 cm³/mol. The first-order valence-corrected chi connectivity index (χ1v) is 12.1. The Labute approximate surface area is 213 Å². The van der Waals surface area contributed by atoms with Crippen LogP contribution in [0.3, 0.4) is 0 Å². The number of carbonyl (C=O) groups is 3. The summed E-state index contributed by atoms with van der Waals surface area (Å²) < 4.78 is 21.4. The smallest absolute Gasteiger partial charge is 0.416 e. The molecule has 1 heterocycles. The van der Waals surface area contributed by atoms with Gasteiger partial charge >= 0.3 is 6.09 Å². The van der Waals surface area contributed by atoms with Gasteiger partial charge in [-0.25, -0.2) is 14.1 Å². The van der Waals surface area contributed by atoms with Crippen molar-refractivity contribution in [3.8, 4) is 0 Å². The number of rotatable bonds is 8. The van der Waals surface area contributed by atoms with Crippen molar-refractivity contribution in [1.29, 1.82) is 0 Å². The van der Waals surface area contributed by atoms with Crippen molar-refractivity contribution >= 4 is 47.1 Å². The second-order valence-electron chi connectivity index (χ2n) is 8.68. The SMILES string of the molecule is O=CCC(CC1(F)C(Cl)=CC(c2ccccc2)=CC1Cl)C(=O)N1C(=O)OCC1Cc1ccccc1. The normalized spacial score (nSPS) is 24.9. The van der Waals surface area contributed by atoms with Crippen LogP contribution < -0.4 is 0 Å². The average molecular weight is 516 g/mol. The Hall–Kier alpha value is -2.96. The van der Waals surface area contributed by atoms with E-state index in [0.29, 0.717) is 18.3 Å². The van der Waals surface area contributed by atoms with Gasteiger partial charge in [-0.2, -0.15) is 0 Å². The molecule has 0 saturated carbocycles. The molecule has 0 bridgehead atoms. The summed E-state index contributed by atoms with van der Waals surface area (Å²) in [7, 11) is 0. The van der Waals surface area contributed by atoms with Gasteiger partial charge < -0.3 is 9.53 Å². The predicted octanol–water partition coefficient (Wildman–Crippen LogP) is 5.71. The van der Waals surface area contributed by atoms with Crippen LogP contribution >= 0.6 is 23.2 Å². The zero-order valence-electron chi connectivity index (χ0n) is 18.8. The van der Waals surface area contributed by atoms with E-state index in [1.807, 2.05) is 60.7 Å². The number of aldehydes is 1. The molecule has 8 heteroatoms. The van der Waals surface area contributed by atoms with E-state index in [-0.39, 0.29) is 18.1 Å². The van der Waals surface area contributed by atoms with E-state index in [0.717, 1.165) is 16.0 Å². The molecule has 0 spiro atoms. The van der Waals surface area contributed by atoms with E-state index >= 15 is 4.39 Å². The molecule has 4 atom stereocenters. The van der Waals surface area contributed by atoms with Crippen molar-refractivity contribution in [2.45, 2.75) is 36.4 Å². The Morgan fingerprint density at radius 1 is 1.17 bits per heavy atom. The van der Waals surface area contributed by atoms with Gasteiger partial charge in [0.1, 0.15) is 12.9 Å². The summed E-state index contributed by atoms with van der Waals surface area (Å²) in [4.78, 5) is 38.3. The van der Waals surface area contributed by atoms with Gasteiger partial charge in [-0.1, -0.05) is 78.3 Å². The molecule has 2 aromatic rings. The third-order valence-electron chi connectivity index (χ3n) is 6.34. The van der Waals surface area contributed by atoms with E-state index < -0.39 is 41.4 Å². The molecule has 5 nitrogen and oxygen atoms in total. The molecule has 1 saturated heterocycles. The fourth-order valence-corrected chi connectivity index (χ4v) is 5.17. The minimum absolute atomic E-state index is 0.0238. The van der Waals surface area contributed by atoms with E-state index in [9.17, 15) is 14.4 Å². The summed E-state index contributed by atoms with van der Waals surface area (Å²) in [5, 5.41) is -1.34. The third-order valence-corrected chi connectivity index (χ3v) is 7.23. The Morgan fingerprint density at radius 2 is 1.83 bits per heavy atom. The summed E-state index contributed by atoms with van der Waals surface area (Å²) in [6, 6.07) is 18.0. The molecular formula is C27H24Cl2FNO4. The Balaban J connectivity index is 1.56. The first-order chi connectivity index (χ1) is 16.8. The number of cyclic esters (lactones) is 1. The molecule has 1 aliphatic carbocycles. The third kappa shape index (κ3) is 5.34. The lowest BCUT2D eigenvalue weighted by Gasteiger charge is -2.35. The molecule has 2 amide bonds. The van der Waals surface area contributed by atoms with Crippen molar-refractivity contribution in [1.82, 2.24) is 4.90 Å². The largest absolute Gasteiger partial charge is 0.447 e. The quantitative estimate of drug-likeness (QED) is 0.333. The van der Waals surface area contributed by atoms with E-state index in [2.05, 4.69) is 0 Å². The number of nitrogens with zero attached hydrogens (tertiary/aromatic N) is 1. The lowest BCUT2D eigenvalue weighted by molar-refractivity contribution is -0.136. The molecule has 2 aromatic carbocycles. The van der Waals surface area contributed by atoms with Crippen LogP contribution in [0.1, 0.15) is 24.0 Å². The number of hydrogen-bond acceptors (Lipinski definition) is 4. The maximum atomic E-state index is 16.2. The van der Waals surface area contributed by atoms with Crippen molar-refractivity contribution in [2.75, 3.05) is 6.61 Å². The highest BCUT2D eigenvalue weighted by Gasteiger charge is 2.48. The molecule has 4 rings (SSSR count). The van der Waals surface area contributed by atoms with Crippen LogP contribution in [0, 0.1) is 5.92 Å². The van der Waals surface area contributed by atoms with Crippen molar-refractivity contribution in [3.05, 3.63) is 89.0 Å². The fraction of sp³-hybridized carbons (Fsp3) is 0.296. The first-order valence-electron chi connectivity index (χ1n) is 11.3. The minimum Gasteiger partial charge on any atom is -0.447 e. The molecule has 1 aliphatic heterocycles. The highest BCUT2D eigenvalue weighted by molar-refractivity contribution is 6.34. The second-order valence-corrected chi connectivity index (χ2v) is 9.55. The van der Waals surface area contributed by atoms with Crippen LogP contribution in [0.5, 0.6) is 0 Å². The van der Waals surface area contributed by atoms with Crippen LogP contribution in [0.25, 0.3) is 5.57 Å². The molecule has 0 N–H and O–H groups in total. The van der Waals surface area contributed by atoms with Crippen LogP contribution in [0.2, 0.25) is 0 Å². The van der Waals surface area contributed by atoms with Gasteiger partial charge in [-0.3, -0.25) is 4.79 Å². The fourth-order valence-electron chi connectivity index (χ4n) is 4.46. The summed E-state index contributed by atoms with van der Waals surface area (Å²) >= 11 is 12.8. The van der Waals surface area contributed by atoms with Crippen LogP contribution in [-0.4, -0.2) is 46.9 Å². The molecule has 35 heavy (non-hydrogen) atoms. The van der Waals surface area contributed by atoms with E-state index in [4.69, 9.17) is 27.9 Å². The minimum atomic E-state index is -2.29. The van der Waals surface area contributed by atoms with Crippen molar-refractivity contribution in [2.24, 2.45) is 5.92 Å². The summed E-state index contributed by atoms with van der Waals surface area (Å²) in [6.45, 7) is 0.0238. The van der Waals surface area contributed by atoms with Gasteiger partial charge in [-0.05, 0) is 29.2 Å². The number of halogens is 3. The molecule has 1 fully saturated rings. The average Bonchev–Trinajstić information content (AvgIpc) is 3.22. The number of imide groups is 1. The number of allylic oxidation sites excluding steroid dienone is 4. The standard InChI is InChI=1S/C27H24Cl2FNO4/c28-23-14-21(19-9-5-2-6-10-19)15-24(29)27(23,30)16-20(11-12-32)25(33)31-22(17-35-26(31)34)13-18-7-3-1-4-8-18/h1-10,12,14-15,20,22-23H,11,13,16-17H2. The summed E-state index contributed by atoms with van der Waals surface area (Å²) in [5.41, 5.74) is 0.110. The molecule has 4 unspecified atom stereocenters. The second kappa shape index (κ2) is 10.8. The Bertz CT molecular complexity index is 1150. The van der Waals surface area contributed by atoms with Gasteiger partial charge in [-0.15, -0.1) is 11.6 Å². The monoisotopic (exact) mass is 515 g/mol. The topological polar surface area (TPSA) is 63.7 Å². The molecule has 0 aromatic heterocycles. The molecule has 182 valence electrons. The number of benzene rings is 2. The van der Waals surface area contributed by atoms with Crippen LogP contribution in [0.15, 0.2) is 77.8 Å². The van der Waals surface area contributed by atoms with Gasteiger partial charge in [0, 0.05) is 18.8 Å². The lowest BCUT2D eigenvalue weighted by Crippen LogP contribution is -2.47. The number of amides is 2. The Kier molecular flexibility index (Phi) is 7.72. The highest BCUT2D eigenvalue weighted by Crippen LogP contribution is 2.45. The first kappa shape index (κ1) is 25.1. The van der Waals surface area contributed by atoms with E-state index in [1.165, 1.54) is 6.08 Å². The summed E-state index contributed by atoms with van der Waals surface area (Å²) in [6.07, 6.45) is 2.42. The number of hydrogen-bond donors (Lipinski definition) is 0. The van der Waals surface area contributed by atoms with Gasteiger partial charge in [0.25, 0.3) is 0 Å². The van der Waals surface area contributed by atoms with Gasteiger partial charge in [0.2, 0.25) is 5.91 Å². The molecular weight excluding hydrogens is 492 g/mol. The number of ether oxygens (including phenoxy) is 1. The number of alkyl halides is 2. The zero-order valence-corrected chi connectivity index (χ0v) is 20.3. The van der Waals surface area contributed by atoms with Gasteiger partial charge in [0.05, 0.1) is 16.5 Å². The van der Waals surface area contributed by atoms with Gasteiger partial charge in [0.15, 0.2) is 5.67 Å². The van der Waals surface area contributed by atoms with E-state index in [1.54, 1.807) is 6.08 Å². The Morgan fingerprint density at radius 3 is 2.46 bits per heavy atom. The van der Waals surface area contributed by atoms with Crippen molar-refractivity contribution in [3.63, 3.8) is 0 Å². The number of carbonyl (C=O) groups excluding carboxylic acids is 3. The van der Waals surface area contributed by atoms with Crippen LogP contribution in [0.4, 0.5) is 9.18 Å². The van der Waals surface area contributed by atoms with Crippen LogP contribution in [-0.2, 0) is 20.7 Å². The maximum absolute atomic E-state index is 16.2. The van der Waals surface area contributed by atoms with Crippen molar-refractivity contribution < 1.29 is 23.5 Å². The lowest BCUT2D eigenvalue weighted by atomic mass is 9.82. The molecule has 0 radical (unpaired) electrons. The highest BCUT2D eigenvalue weighted by atomic mass is 35.5. The zero-order chi connectivity index (χ0) is 25.0.